The number of nitrogens with one attached hydrogen (secondary N) is 2. The maximum atomic E-state index is 13.0. The van der Waals surface area contributed by atoms with Gasteiger partial charge in [0.15, 0.2) is 0 Å². The van der Waals surface area contributed by atoms with Crippen LogP contribution >= 0.6 is 0 Å². The van der Waals surface area contributed by atoms with Crippen LogP contribution in [0.15, 0.2) is 54.9 Å². The van der Waals surface area contributed by atoms with Gasteiger partial charge in [0.1, 0.15) is 11.6 Å². The van der Waals surface area contributed by atoms with Crippen LogP contribution in [0, 0.1) is 0 Å². The first kappa shape index (κ1) is 22.6. The van der Waals surface area contributed by atoms with E-state index in [1.807, 2.05) is 48.7 Å². The molecule has 10 nitrogen and oxygen atoms in total. The van der Waals surface area contributed by atoms with Crippen molar-refractivity contribution in [1.29, 1.82) is 0 Å². The Bertz CT molecular complexity index is 1330. The molecule has 1 amide bonds. The molecule has 0 radical (unpaired) electrons. The molecule has 0 spiro atoms. The number of rotatable bonds is 6. The Hall–Kier alpha value is -4.18. The number of carbonyl (C=O) groups excluding carboxylic acids is 1. The number of nitrogens with zero attached hydrogens (tertiary/aromatic N) is 6. The third-order valence-corrected chi connectivity index (χ3v) is 5.99. The molecule has 180 valence electrons. The quantitative estimate of drug-likeness (QED) is 0.442. The summed E-state index contributed by atoms with van der Waals surface area (Å²) >= 11 is 0. The van der Waals surface area contributed by atoms with Crippen molar-refractivity contribution in [2.75, 3.05) is 57.6 Å². The number of aromatic nitrogens is 4. The molecule has 5 rings (SSSR count). The molecular formula is C25H28N8O2. The second-order valence-electron chi connectivity index (χ2n) is 8.52. The van der Waals surface area contributed by atoms with Gasteiger partial charge in [0.2, 0.25) is 5.95 Å². The predicted molar refractivity (Wildman–Crippen MR) is 136 cm³/mol. The lowest BCUT2D eigenvalue weighted by Gasteiger charge is -2.29. The van der Waals surface area contributed by atoms with Crippen molar-refractivity contribution in [1.82, 2.24) is 29.8 Å². The fourth-order valence-corrected chi connectivity index (χ4v) is 4.14. The van der Waals surface area contributed by atoms with Crippen LogP contribution in [0.5, 0.6) is 5.75 Å². The van der Waals surface area contributed by atoms with Crippen LogP contribution in [0.1, 0.15) is 10.4 Å². The third-order valence-electron chi connectivity index (χ3n) is 5.99. The molecule has 1 saturated heterocycles. The normalized spacial score (nSPS) is 13.6. The summed E-state index contributed by atoms with van der Waals surface area (Å²) in [5.41, 5.74) is 3.89. The molecule has 0 bridgehead atoms. The molecule has 1 aliphatic rings. The van der Waals surface area contributed by atoms with Crippen LogP contribution in [-0.2, 0) is 0 Å². The molecule has 10 heteroatoms. The maximum absolute atomic E-state index is 13.0. The van der Waals surface area contributed by atoms with E-state index in [0.29, 0.717) is 28.5 Å². The number of anilines is 3. The minimum atomic E-state index is -0.110. The third kappa shape index (κ3) is 4.60. The van der Waals surface area contributed by atoms with E-state index in [0.717, 1.165) is 43.2 Å². The first-order chi connectivity index (χ1) is 17.0. The smallest absolute Gasteiger partial charge is 0.255 e. The highest BCUT2D eigenvalue weighted by molar-refractivity contribution is 6.02. The zero-order chi connectivity index (χ0) is 24.4. The van der Waals surface area contributed by atoms with E-state index < -0.39 is 0 Å². The number of hydrogen-bond acceptors (Lipinski definition) is 8. The van der Waals surface area contributed by atoms with Gasteiger partial charge in [-0.2, -0.15) is 0 Å². The lowest BCUT2D eigenvalue weighted by atomic mass is 10.1. The van der Waals surface area contributed by atoms with E-state index in [2.05, 4.69) is 25.5 Å². The molecule has 35 heavy (non-hydrogen) atoms. The summed E-state index contributed by atoms with van der Waals surface area (Å²) in [5, 5.41) is 11.2. The summed E-state index contributed by atoms with van der Waals surface area (Å²) in [6.07, 6.45) is 3.56. The van der Waals surface area contributed by atoms with Gasteiger partial charge in [0, 0.05) is 45.8 Å². The lowest BCUT2D eigenvalue weighted by molar-refractivity contribution is 0.0828. The van der Waals surface area contributed by atoms with Crippen LogP contribution < -0.4 is 20.3 Å². The molecule has 2 N–H and O–H groups in total. The minimum Gasteiger partial charge on any atom is -0.497 e. The number of piperazine rings is 1. The number of pyridine rings is 1. The molecule has 0 saturated carbocycles. The summed E-state index contributed by atoms with van der Waals surface area (Å²) in [6.45, 7) is 3.87. The summed E-state index contributed by atoms with van der Waals surface area (Å²) in [5.74, 6) is 1.66. The standard InChI is InChI=1S/C25H28N8O2/c1-31(2)24(34)21-14-19-16-28-25(30-33(19)23(21)17-4-7-20(35-3)8-5-17)29-22-9-6-18(15-27-22)32-12-10-26-11-13-32/h4-9,14-16,26H,10-13H2,1-3H3,(H,27,29,30). The summed E-state index contributed by atoms with van der Waals surface area (Å²) in [4.78, 5) is 25.8. The van der Waals surface area contributed by atoms with Crippen LogP contribution in [0.2, 0.25) is 0 Å². The van der Waals surface area contributed by atoms with Gasteiger partial charge in [-0.3, -0.25) is 4.79 Å². The Labute approximate surface area is 203 Å². The predicted octanol–water partition coefficient (Wildman–Crippen LogP) is 2.65. The summed E-state index contributed by atoms with van der Waals surface area (Å²) in [6, 6.07) is 13.3. The van der Waals surface area contributed by atoms with Gasteiger partial charge in [-0.05, 0) is 42.5 Å². The van der Waals surface area contributed by atoms with Crippen LogP contribution in [0.3, 0.4) is 0 Å². The monoisotopic (exact) mass is 472 g/mol. The van der Waals surface area contributed by atoms with Crippen molar-refractivity contribution < 1.29 is 9.53 Å². The Balaban J connectivity index is 1.49. The Morgan fingerprint density at radius 3 is 2.49 bits per heavy atom. The molecule has 0 unspecified atom stereocenters. The second-order valence-corrected chi connectivity index (χ2v) is 8.52. The molecule has 1 aromatic carbocycles. The molecule has 4 heterocycles. The van der Waals surface area contributed by atoms with Gasteiger partial charge in [-0.15, -0.1) is 5.10 Å². The van der Waals surface area contributed by atoms with Gasteiger partial charge in [-0.25, -0.2) is 14.5 Å². The van der Waals surface area contributed by atoms with E-state index in [9.17, 15) is 4.79 Å². The first-order valence-electron chi connectivity index (χ1n) is 11.5. The number of ether oxygens (including phenoxy) is 1. The molecule has 4 aromatic rings. The van der Waals surface area contributed by atoms with Gasteiger partial charge in [0.05, 0.1) is 42.0 Å². The Kier molecular flexibility index (Phi) is 6.19. The van der Waals surface area contributed by atoms with Gasteiger partial charge in [-0.1, -0.05) is 0 Å². The van der Waals surface area contributed by atoms with Crippen LogP contribution in [-0.4, -0.2) is 77.8 Å². The van der Waals surface area contributed by atoms with E-state index in [-0.39, 0.29) is 5.91 Å². The molecule has 3 aromatic heterocycles. The number of carbonyl (C=O) groups is 1. The van der Waals surface area contributed by atoms with Crippen molar-refractivity contribution in [2.24, 2.45) is 0 Å². The first-order valence-corrected chi connectivity index (χ1v) is 11.5. The zero-order valence-electron chi connectivity index (χ0n) is 20.0. The average Bonchev–Trinajstić information content (AvgIpc) is 3.28. The van der Waals surface area contributed by atoms with E-state index >= 15 is 0 Å². The molecule has 1 fully saturated rings. The number of benzene rings is 1. The number of fused-ring (bicyclic) bond motifs is 1. The van der Waals surface area contributed by atoms with Crippen molar-refractivity contribution in [2.45, 2.75) is 0 Å². The molecule has 0 atom stereocenters. The highest BCUT2D eigenvalue weighted by Crippen LogP contribution is 2.30. The van der Waals surface area contributed by atoms with Gasteiger partial charge in [0.25, 0.3) is 5.91 Å². The summed E-state index contributed by atoms with van der Waals surface area (Å²) in [7, 11) is 5.09. The minimum absolute atomic E-state index is 0.110. The topological polar surface area (TPSA) is 99.9 Å². The fraction of sp³-hybridized carbons (Fsp3) is 0.280. The highest BCUT2D eigenvalue weighted by Gasteiger charge is 2.21. The average molecular weight is 473 g/mol. The van der Waals surface area contributed by atoms with Crippen molar-refractivity contribution in [3.05, 3.63) is 60.4 Å². The Morgan fingerprint density at radius 1 is 1.06 bits per heavy atom. The van der Waals surface area contributed by atoms with Gasteiger partial charge < -0.3 is 25.2 Å². The second kappa shape index (κ2) is 9.59. The fourth-order valence-electron chi connectivity index (χ4n) is 4.14. The summed E-state index contributed by atoms with van der Waals surface area (Å²) < 4.78 is 7.03. The number of hydrogen-bond donors (Lipinski definition) is 2. The zero-order valence-corrected chi connectivity index (χ0v) is 20.0. The molecular weight excluding hydrogens is 444 g/mol. The number of methoxy groups -OCH3 is 1. The molecule has 1 aliphatic heterocycles. The lowest BCUT2D eigenvalue weighted by Crippen LogP contribution is -2.43. The Morgan fingerprint density at radius 2 is 1.83 bits per heavy atom. The highest BCUT2D eigenvalue weighted by atomic mass is 16.5. The largest absolute Gasteiger partial charge is 0.497 e. The number of amides is 1. The van der Waals surface area contributed by atoms with Gasteiger partial charge >= 0.3 is 0 Å². The van der Waals surface area contributed by atoms with Crippen molar-refractivity contribution >= 4 is 28.9 Å². The van der Waals surface area contributed by atoms with E-state index in [1.165, 1.54) is 0 Å². The van der Waals surface area contributed by atoms with E-state index in [1.54, 1.807) is 36.8 Å². The van der Waals surface area contributed by atoms with E-state index in [4.69, 9.17) is 9.84 Å². The van der Waals surface area contributed by atoms with Crippen molar-refractivity contribution in [3.63, 3.8) is 0 Å². The maximum Gasteiger partial charge on any atom is 0.255 e. The van der Waals surface area contributed by atoms with Crippen LogP contribution in [0.4, 0.5) is 17.5 Å². The van der Waals surface area contributed by atoms with Crippen molar-refractivity contribution in [3.8, 4) is 17.0 Å². The van der Waals surface area contributed by atoms with Crippen LogP contribution in [0.25, 0.3) is 16.8 Å². The molecule has 0 aliphatic carbocycles. The SMILES string of the molecule is COc1ccc(-c2c(C(=O)N(C)C)cc3cnc(Nc4ccc(N5CCNCC5)cn4)nn23)cc1.